The van der Waals surface area contributed by atoms with Gasteiger partial charge in [0.25, 0.3) is 0 Å². The molecule has 0 fully saturated rings. The Hall–Kier alpha value is -2.94. The minimum Gasteiger partial charge on any atom is -0.481 e. The summed E-state index contributed by atoms with van der Waals surface area (Å²) in [6, 6.07) is 3.69. The van der Waals surface area contributed by atoms with E-state index >= 15 is 4.39 Å². The molecular weight excluding hydrogens is 470 g/mol. The van der Waals surface area contributed by atoms with Crippen LogP contribution in [0.25, 0.3) is 11.1 Å². The van der Waals surface area contributed by atoms with Crippen molar-refractivity contribution >= 4 is 16.9 Å². The molecule has 0 amide bonds. The van der Waals surface area contributed by atoms with Gasteiger partial charge < -0.3 is 15.0 Å². The van der Waals surface area contributed by atoms with Crippen molar-refractivity contribution in [3.05, 3.63) is 64.2 Å². The average molecular weight is 499 g/mol. The maximum Gasteiger partial charge on any atom is 0.216 e. The van der Waals surface area contributed by atoms with Crippen LogP contribution in [0.15, 0.2) is 33.9 Å². The minimum atomic E-state index is -1.03. The van der Waals surface area contributed by atoms with E-state index in [0.717, 1.165) is 46.2 Å². The molecule has 2 atom stereocenters. The first kappa shape index (κ1) is 23.8. The van der Waals surface area contributed by atoms with Crippen molar-refractivity contribution in [2.45, 2.75) is 52.0 Å². The van der Waals surface area contributed by atoms with Crippen LogP contribution >= 0.6 is 11.8 Å². The summed E-state index contributed by atoms with van der Waals surface area (Å²) in [5.41, 5.74) is 9.73. The van der Waals surface area contributed by atoms with E-state index in [-0.39, 0.29) is 0 Å². The minimum absolute atomic E-state index is 0.320. The number of halogens is 2. The fourth-order valence-corrected chi connectivity index (χ4v) is 6.63. The Labute approximate surface area is 207 Å². The summed E-state index contributed by atoms with van der Waals surface area (Å²) >= 11 is 1.46. The van der Waals surface area contributed by atoms with Crippen molar-refractivity contribution in [1.29, 1.82) is 0 Å². The predicted octanol–water partition coefficient (Wildman–Crippen LogP) is 5.21. The summed E-state index contributed by atoms with van der Waals surface area (Å²) in [5.74, 6) is 0.644. The normalized spacial score (nSPS) is 23.4. The van der Waals surface area contributed by atoms with Crippen molar-refractivity contribution < 1.29 is 18.0 Å². The lowest BCUT2D eigenvalue weighted by molar-refractivity contribution is 0.146. The number of nitrogens with zero attached hydrogens (tertiary/aromatic N) is 3. The number of hydrogen-bond acceptors (Lipinski definition) is 7. The predicted molar refractivity (Wildman–Crippen MR) is 133 cm³/mol. The van der Waals surface area contributed by atoms with Gasteiger partial charge in [-0.2, -0.15) is 0 Å². The number of benzene rings is 1. The Morgan fingerprint density at radius 1 is 1.17 bits per heavy atom. The average Bonchev–Trinajstić information content (AvgIpc) is 3.25. The van der Waals surface area contributed by atoms with Gasteiger partial charge in [0.1, 0.15) is 22.9 Å². The fraction of sp³-hybridized carbons (Fsp3) is 0.423. The van der Waals surface area contributed by atoms with Gasteiger partial charge in [-0.15, -0.1) is 0 Å². The molecule has 0 unspecified atom stereocenters. The highest BCUT2D eigenvalue weighted by molar-refractivity contribution is 8.13. The number of aromatic nitrogens is 2. The van der Waals surface area contributed by atoms with Crippen molar-refractivity contribution in [2.75, 3.05) is 12.9 Å². The lowest BCUT2D eigenvalue weighted by Crippen LogP contribution is -2.54. The first-order valence-corrected chi connectivity index (χ1v) is 12.7. The molecule has 1 aromatic carbocycles. The lowest BCUT2D eigenvalue weighted by atomic mass is 9.58. The maximum atomic E-state index is 15.3. The topological polar surface area (TPSA) is 86.5 Å². The molecule has 0 bridgehead atoms. The highest BCUT2D eigenvalue weighted by atomic mass is 32.2. The molecule has 5 rings (SSSR count). The van der Waals surface area contributed by atoms with Gasteiger partial charge in [-0.1, -0.05) is 43.8 Å². The third-order valence-corrected chi connectivity index (χ3v) is 8.59. The number of ether oxygens (including phenoxy) is 1. The van der Waals surface area contributed by atoms with Crippen LogP contribution in [-0.2, 0) is 31.2 Å². The molecule has 184 valence electrons. The summed E-state index contributed by atoms with van der Waals surface area (Å²) < 4.78 is 40.5. The SMILES string of the molecule is CCc1noc(CC)c1-c1cnc(OC)c2c1C[C@@]1(C)CSC(N)=N[C@@]1(c1ccc(F)cc1F)C2. The van der Waals surface area contributed by atoms with Gasteiger partial charge >= 0.3 is 0 Å². The number of nitrogens with two attached hydrogens (primary N) is 1. The molecular formula is C26H28F2N4O2S. The molecule has 3 aromatic rings. The van der Waals surface area contributed by atoms with E-state index in [9.17, 15) is 4.39 Å². The summed E-state index contributed by atoms with van der Waals surface area (Å²) in [7, 11) is 1.57. The van der Waals surface area contributed by atoms with Gasteiger partial charge in [-0.3, -0.25) is 4.99 Å². The van der Waals surface area contributed by atoms with Crippen LogP contribution in [0.5, 0.6) is 5.88 Å². The number of aryl methyl sites for hydroxylation is 2. The maximum absolute atomic E-state index is 15.3. The molecule has 6 nitrogen and oxygen atoms in total. The summed E-state index contributed by atoms with van der Waals surface area (Å²) in [6.45, 7) is 6.18. The van der Waals surface area contributed by atoms with Crippen LogP contribution in [0, 0.1) is 17.0 Å². The van der Waals surface area contributed by atoms with Crippen LogP contribution in [-0.4, -0.2) is 28.2 Å². The summed E-state index contributed by atoms with van der Waals surface area (Å²) in [5, 5.41) is 4.69. The third kappa shape index (κ3) is 3.54. The van der Waals surface area contributed by atoms with Crippen LogP contribution in [0.1, 0.15) is 48.9 Å². The highest BCUT2D eigenvalue weighted by Crippen LogP contribution is 2.58. The number of aliphatic imine (C=N–C) groups is 1. The van der Waals surface area contributed by atoms with Gasteiger partial charge in [-0.25, -0.2) is 13.8 Å². The van der Waals surface area contributed by atoms with Crippen molar-refractivity contribution in [1.82, 2.24) is 10.1 Å². The Kier molecular flexibility index (Phi) is 5.86. The Bertz CT molecular complexity index is 1320. The number of pyridine rings is 1. The zero-order chi connectivity index (χ0) is 25.0. The zero-order valence-electron chi connectivity index (χ0n) is 20.2. The van der Waals surface area contributed by atoms with Crippen LogP contribution in [0.3, 0.4) is 0 Å². The lowest BCUT2D eigenvalue weighted by Gasteiger charge is -2.52. The number of rotatable bonds is 5. The van der Waals surface area contributed by atoms with E-state index in [4.69, 9.17) is 20.0 Å². The third-order valence-electron chi connectivity index (χ3n) is 7.42. The second-order valence-electron chi connectivity index (χ2n) is 9.41. The van der Waals surface area contributed by atoms with Crippen molar-refractivity contribution in [3.8, 4) is 17.0 Å². The molecule has 2 N–H and O–H groups in total. The summed E-state index contributed by atoms with van der Waals surface area (Å²) in [4.78, 5) is 9.51. The van der Waals surface area contributed by atoms with E-state index in [2.05, 4.69) is 17.1 Å². The molecule has 9 heteroatoms. The smallest absolute Gasteiger partial charge is 0.216 e. The largest absolute Gasteiger partial charge is 0.481 e. The number of hydrogen-bond donors (Lipinski definition) is 1. The van der Waals surface area contributed by atoms with Crippen LogP contribution < -0.4 is 10.5 Å². The fourth-order valence-electron chi connectivity index (χ4n) is 5.61. The van der Waals surface area contributed by atoms with E-state index in [1.165, 1.54) is 23.9 Å². The molecule has 0 saturated heterocycles. The molecule has 1 aliphatic carbocycles. The van der Waals surface area contributed by atoms with Crippen molar-refractivity contribution in [3.63, 3.8) is 0 Å². The monoisotopic (exact) mass is 498 g/mol. The van der Waals surface area contributed by atoms with Gasteiger partial charge in [-0.05, 0) is 24.5 Å². The highest BCUT2D eigenvalue weighted by Gasteiger charge is 2.57. The number of fused-ring (bicyclic) bond motifs is 2. The van der Waals surface area contributed by atoms with Gasteiger partial charge in [0.15, 0.2) is 5.17 Å². The van der Waals surface area contributed by atoms with E-state index in [1.54, 1.807) is 7.11 Å². The zero-order valence-corrected chi connectivity index (χ0v) is 21.1. The van der Waals surface area contributed by atoms with Gasteiger partial charge in [0.05, 0.1) is 12.8 Å². The van der Waals surface area contributed by atoms with Crippen LogP contribution in [0.2, 0.25) is 0 Å². The Morgan fingerprint density at radius 3 is 2.66 bits per heavy atom. The van der Waals surface area contributed by atoms with Crippen molar-refractivity contribution in [2.24, 2.45) is 16.1 Å². The van der Waals surface area contributed by atoms with Gasteiger partial charge in [0, 0.05) is 58.5 Å². The Balaban J connectivity index is 1.80. The number of amidine groups is 1. The first-order valence-electron chi connectivity index (χ1n) is 11.7. The number of methoxy groups -OCH3 is 1. The van der Waals surface area contributed by atoms with Gasteiger partial charge in [0.2, 0.25) is 5.88 Å². The number of thioether (sulfide) groups is 1. The molecule has 2 aromatic heterocycles. The van der Waals surface area contributed by atoms with E-state index in [1.807, 2.05) is 20.0 Å². The molecule has 2 aliphatic rings. The first-order chi connectivity index (χ1) is 16.8. The second kappa shape index (κ2) is 8.62. The second-order valence-corrected chi connectivity index (χ2v) is 10.4. The molecule has 0 spiro atoms. The Morgan fingerprint density at radius 2 is 1.97 bits per heavy atom. The molecule has 0 radical (unpaired) electrons. The molecule has 1 aliphatic heterocycles. The molecule has 3 heterocycles. The molecule has 35 heavy (non-hydrogen) atoms. The quantitative estimate of drug-likeness (QED) is 0.520. The standard InChI is InChI=1S/C26H28F2N4O2S/c1-5-20-22(21(6-2)34-32-20)17-12-30-23(33-4)16-11-26(18-8-7-14(27)9-19(18)28)25(3,10-15(16)17)13-35-24(29)31-26/h7-9,12H,5-6,10-11,13H2,1-4H3,(H2,29,31)/t25-,26+/m0/s1. The molecule has 0 saturated carbocycles. The van der Waals surface area contributed by atoms with E-state index < -0.39 is 22.6 Å². The summed E-state index contributed by atoms with van der Waals surface area (Å²) in [6.07, 6.45) is 4.14. The van der Waals surface area contributed by atoms with E-state index in [0.29, 0.717) is 41.6 Å². The van der Waals surface area contributed by atoms with Crippen LogP contribution in [0.4, 0.5) is 8.78 Å².